The number of aliphatic hydroxyl groups is 1. The molecule has 1 aromatic carbocycles. The van der Waals surface area contributed by atoms with Crippen LogP contribution in [0.15, 0.2) is 35.4 Å². The first kappa shape index (κ1) is 26.0. The molecule has 204 valence electrons. The van der Waals surface area contributed by atoms with Crippen molar-refractivity contribution in [3.63, 3.8) is 0 Å². The van der Waals surface area contributed by atoms with E-state index in [1.54, 1.807) is 25.4 Å². The van der Waals surface area contributed by atoms with Crippen LogP contribution in [0.5, 0.6) is 0 Å². The largest absolute Gasteiger partial charge is 0.393 e. The summed E-state index contributed by atoms with van der Waals surface area (Å²) in [7, 11) is 3.36. The maximum absolute atomic E-state index is 11.2. The normalized spacial score (nSPS) is 38.4. The van der Waals surface area contributed by atoms with Crippen LogP contribution in [-0.2, 0) is 18.9 Å². The minimum atomic E-state index is -0.393. The van der Waals surface area contributed by atoms with Gasteiger partial charge in [0.2, 0.25) is 0 Å². The lowest BCUT2D eigenvalue weighted by Crippen LogP contribution is -2.52. The number of allylic oxidation sites excluding steroid dienone is 2. The molecule has 1 N–H and O–H groups in total. The summed E-state index contributed by atoms with van der Waals surface area (Å²) in [4.78, 5) is 0. The molecular formula is C32H46O5. The van der Waals surface area contributed by atoms with Crippen LogP contribution in [0.4, 0.5) is 0 Å². The number of aliphatic hydroxyl groups excluding tert-OH is 1. The zero-order valence-corrected chi connectivity index (χ0v) is 23.4. The van der Waals surface area contributed by atoms with Crippen molar-refractivity contribution in [2.75, 3.05) is 27.4 Å². The second-order valence-electron chi connectivity index (χ2n) is 13.6. The molecule has 0 amide bonds. The molecule has 1 spiro atoms. The first-order chi connectivity index (χ1) is 17.7. The second kappa shape index (κ2) is 9.45. The summed E-state index contributed by atoms with van der Waals surface area (Å²) < 4.78 is 23.9. The number of hydrogen-bond donors (Lipinski definition) is 1. The minimum Gasteiger partial charge on any atom is -0.393 e. The lowest BCUT2D eigenvalue weighted by molar-refractivity contribution is -0.312. The molecule has 3 saturated carbocycles. The lowest BCUT2D eigenvalue weighted by Gasteiger charge is -2.55. The van der Waals surface area contributed by atoms with Crippen LogP contribution in [0.1, 0.15) is 95.5 Å². The van der Waals surface area contributed by atoms with Gasteiger partial charge >= 0.3 is 0 Å². The Balaban J connectivity index is 1.36. The van der Waals surface area contributed by atoms with Crippen LogP contribution in [0, 0.1) is 28.6 Å². The van der Waals surface area contributed by atoms with E-state index >= 15 is 0 Å². The Hall–Kier alpha value is -1.24. The van der Waals surface area contributed by atoms with Crippen molar-refractivity contribution in [2.45, 2.75) is 96.2 Å². The fourth-order valence-corrected chi connectivity index (χ4v) is 8.75. The van der Waals surface area contributed by atoms with Gasteiger partial charge in [-0.25, -0.2) is 0 Å². The average Bonchev–Trinajstić information content (AvgIpc) is 3.20. The molecule has 1 aromatic rings. The van der Waals surface area contributed by atoms with E-state index in [9.17, 15) is 5.11 Å². The lowest BCUT2D eigenvalue weighted by atomic mass is 9.52. The van der Waals surface area contributed by atoms with Crippen molar-refractivity contribution in [2.24, 2.45) is 28.6 Å². The van der Waals surface area contributed by atoms with Crippen LogP contribution < -0.4 is 0 Å². The van der Waals surface area contributed by atoms with Gasteiger partial charge in [-0.1, -0.05) is 56.2 Å². The zero-order chi connectivity index (χ0) is 26.0. The Bertz CT molecular complexity index is 1010. The molecule has 6 rings (SSSR count). The fraction of sp³-hybridized carbons (Fsp3) is 0.750. The number of methoxy groups -OCH3 is 2. The summed E-state index contributed by atoms with van der Waals surface area (Å²) in [6.07, 6.45) is 8.07. The van der Waals surface area contributed by atoms with Gasteiger partial charge in [0.15, 0.2) is 12.1 Å². The van der Waals surface area contributed by atoms with Gasteiger partial charge in [-0.05, 0) is 67.3 Å². The quantitative estimate of drug-likeness (QED) is 0.369. The van der Waals surface area contributed by atoms with Gasteiger partial charge in [0, 0.05) is 44.0 Å². The van der Waals surface area contributed by atoms with Gasteiger partial charge in [-0.15, -0.1) is 0 Å². The molecule has 0 bridgehead atoms. The van der Waals surface area contributed by atoms with Crippen molar-refractivity contribution in [1.82, 2.24) is 0 Å². The van der Waals surface area contributed by atoms with Gasteiger partial charge in [-0.3, -0.25) is 0 Å². The maximum Gasteiger partial charge on any atom is 0.183 e. The molecule has 6 atom stereocenters. The maximum atomic E-state index is 11.2. The van der Waals surface area contributed by atoms with Crippen LogP contribution in [0.25, 0.3) is 0 Å². The van der Waals surface area contributed by atoms with Crippen molar-refractivity contribution < 1.29 is 24.1 Å². The monoisotopic (exact) mass is 510 g/mol. The third-order valence-electron chi connectivity index (χ3n) is 10.8. The second-order valence-corrected chi connectivity index (χ2v) is 13.6. The first-order valence-corrected chi connectivity index (χ1v) is 14.5. The zero-order valence-electron chi connectivity index (χ0n) is 23.4. The van der Waals surface area contributed by atoms with Crippen molar-refractivity contribution in [3.8, 4) is 0 Å². The predicted molar refractivity (Wildman–Crippen MR) is 143 cm³/mol. The Morgan fingerprint density at radius 3 is 2.30 bits per heavy atom. The topological polar surface area (TPSA) is 57.2 Å². The molecule has 4 fully saturated rings. The molecule has 1 saturated heterocycles. The molecule has 1 heterocycles. The van der Waals surface area contributed by atoms with Crippen LogP contribution >= 0.6 is 0 Å². The molecule has 0 aromatic heterocycles. The highest BCUT2D eigenvalue weighted by Gasteiger charge is 2.57. The summed E-state index contributed by atoms with van der Waals surface area (Å²) in [5, 5.41) is 11.2. The van der Waals surface area contributed by atoms with Crippen molar-refractivity contribution in [3.05, 3.63) is 46.5 Å². The smallest absolute Gasteiger partial charge is 0.183 e. The van der Waals surface area contributed by atoms with Gasteiger partial charge in [-0.2, -0.15) is 0 Å². The number of ether oxygens (including phenoxy) is 4. The Morgan fingerprint density at radius 1 is 0.919 bits per heavy atom. The summed E-state index contributed by atoms with van der Waals surface area (Å²) >= 11 is 0. The SMILES string of the molecule is COC(OC)c1ccc([C@H]2C[C@@]3(C)C(CC[C@@H]3O)C3CCC4CC5(CCC4=C32)OCC(C)(C)CO5)cc1. The molecule has 5 nitrogen and oxygen atoms in total. The number of benzene rings is 1. The van der Waals surface area contributed by atoms with Gasteiger partial charge < -0.3 is 24.1 Å². The van der Waals surface area contributed by atoms with E-state index in [4.69, 9.17) is 18.9 Å². The minimum absolute atomic E-state index is 0.0104. The van der Waals surface area contributed by atoms with E-state index in [2.05, 4.69) is 45.0 Å². The molecule has 5 aliphatic rings. The predicted octanol–water partition coefficient (Wildman–Crippen LogP) is 6.52. The van der Waals surface area contributed by atoms with E-state index in [1.807, 2.05) is 0 Å². The standard InChI is InChI=1S/C32H46O5/c1-30(2)18-36-32(37-19-30)15-14-23-22(16-32)10-11-24-26-12-13-27(33)31(26,3)17-25(28(23)24)20-6-8-21(9-7-20)29(34-4)35-5/h6-9,22,24-27,29,33H,10-19H2,1-5H3/t22?,24?,25-,26?,27+,31+/m1/s1. The van der Waals surface area contributed by atoms with E-state index in [1.165, 1.54) is 18.4 Å². The summed E-state index contributed by atoms with van der Waals surface area (Å²) in [5.41, 5.74) is 5.91. The van der Waals surface area contributed by atoms with Crippen LogP contribution in [-0.4, -0.2) is 44.4 Å². The third kappa shape index (κ3) is 4.34. The number of fused-ring (bicyclic) bond motifs is 4. The van der Waals surface area contributed by atoms with E-state index < -0.39 is 5.79 Å². The van der Waals surface area contributed by atoms with Crippen molar-refractivity contribution in [1.29, 1.82) is 0 Å². The van der Waals surface area contributed by atoms with Crippen molar-refractivity contribution >= 4 is 0 Å². The number of hydrogen-bond acceptors (Lipinski definition) is 5. The van der Waals surface area contributed by atoms with E-state index in [-0.39, 0.29) is 23.2 Å². The molecule has 4 aliphatic carbocycles. The summed E-state index contributed by atoms with van der Waals surface area (Å²) in [6, 6.07) is 8.89. The fourth-order valence-electron chi connectivity index (χ4n) is 8.75. The molecular weight excluding hydrogens is 464 g/mol. The Labute approximate surface area is 222 Å². The highest BCUT2D eigenvalue weighted by Crippen LogP contribution is 2.65. The van der Waals surface area contributed by atoms with E-state index in [0.29, 0.717) is 23.7 Å². The average molecular weight is 511 g/mol. The van der Waals surface area contributed by atoms with Crippen LogP contribution in [0.2, 0.25) is 0 Å². The van der Waals surface area contributed by atoms with Crippen LogP contribution in [0.3, 0.4) is 0 Å². The number of rotatable bonds is 4. The van der Waals surface area contributed by atoms with Gasteiger partial charge in [0.1, 0.15) is 0 Å². The highest BCUT2D eigenvalue weighted by atomic mass is 16.7. The van der Waals surface area contributed by atoms with Gasteiger partial charge in [0.05, 0.1) is 19.3 Å². The summed E-state index contributed by atoms with van der Waals surface area (Å²) in [5.74, 6) is 1.68. The first-order valence-electron chi connectivity index (χ1n) is 14.5. The van der Waals surface area contributed by atoms with E-state index in [0.717, 1.165) is 57.3 Å². The highest BCUT2D eigenvalue weighted by molar-refractivity contribution is 5.41. The Morgan fingerprint density at radius 2 is 1.62 bits per heavy atom. The molecule has 3 unspecified atom stereocenters. The van der Waals surface area contributed by atoms with Gasteiger partial charge in [0.25, 0.3) is 0 Å². The molecule has 5 heteroatoms. The molecule has 0 radical (unpaired) electrons. The summed E-state index contributed by atoms with van der Waals surface area (Å²) in [6.45, 7) is 8.40. The molecule has 37 heavy (non-hydrogen) atoms. The third-order valence-corrected chi connectivity index (χ3v) is 10.8. The molecule has 1 aliphatic heterocycles. The Kier molecular flexibility index (Phi) is 6.64.